The van der Waals surface area contributed by atoms with Gasteiger partial charge in [-0.1, -0.05) is 81.7 Å². The summed E-state index contributed by atoms with van der Waals surface area (Å²) in [6.45, 7) is 0.753. The summed E-state index contributed by atoms with van der Waals surface area (Å²) in [4.78, 5) is 26.3. The van der Waals surface area contributed by atoms with Crippen molar-refractivity contribution in [1.82, 2.24) is 19.9 Å². The lowest BCUT2D eigenvalue weighted by Crippen LogP contribution is -2.34. The maximum atomic E-state index is 12.6. The second-order valence-corrected chi connectivity index (χ2v) is 10.9. The molecular weight excluding hydrogens is 548 g/mol. The van der Waals surface area contributed by atoms with E-state index in [9.17, 15) is 4.79 Å². The summed E-state index contributed by atoms with van der Waals surface area (Å²) in [5, 5.41) is 0. The number of hydrogen-bond donors (Lipinski definition) is 0. The zero-order valence-electron chi connectivity index (χ0n) is 14.4. The number of amides is 1. The molecule has 158 valence electrons. The van der Waals surface area contributed by atoms with Gasteiger partial charge in [-0.15, -0.1) is 23.2 Å². The van der Waals surface area contributed by atoms with Crippen molar-refractivity contribution in [2.75, 3.05) is 24.8 Å². The number of carbonyl (C=O) groups excluding carboxylic acids is 1. The van der Waals surface area contributed by atoms with E-state index in [4.69, 9.17) is 92.8 Å². The Morgan fingerprint density at radius 2 is 1.24 bits per heavy atom. The van der Waals surface area contributed by atoms with Crippen LogP contribution in [0.15, 0.2) is 24.3 Å². The van der Waals surface area contributed by atoms with Crippen LogP contribution < -0.4 is 0 Å². The molecule has 0 saturated heterocycles. The van der Waals surface area contributed by atoms with E-state index < -0.39 is 7.59 Å². The van der Waals surface area contributed by atoms with Crippen molar-refractivity contribution in [3.63, 3.8) is 0 Å². The van der Waals surface area contributed by atoms with Crippen molar-refractivity contribution in [3.8, 4) is 11.4 Å². The van der Waals surface area contributed by atoms with Crippen molar-refractivity contribution in [2.45, 2.75) is 7.59 Å². The standard InChI is InChI=1S/C16H12Cl8N4O/c17-5-7-28(8-6-18)12(29)10-3-1-9(2-4-10)11-25-13(15(19,20)21)27-14(26-11)16(22,23)24/h1-4H,5-8H2. The van der Waals surface area contributed by atoms with E-state index in [0.717, 1.165) is 0 Å². The molecule has 0 N–H and O–H groups in total. The number of benzene rings is 1. The summed E-state index contributed by atoms with van der Waals surface area (Å²) < 4.78 is -3.91. The summed E-state index contributed by atoms with van der Waals surface area (Å²) in [6, 6.07) is 6.43. The van der Waals surface area contributed by atoms with Crippen LogP contribution in [-0.2, 0) is 7.59 Å². The third-order valence-corrected chi connectivity index (χ3v) is 4.88. The summed E-state index contributed by atoms with van der Waals surface area (Å²) in [6.07, 6.45) is 0. The number of rotatable bonds is 6. The predicted molar refractivity (Wildman–Crippen MR) is 121 cm³/mol. The van der Waals surface area contributed by atoms with Gasteiger partial charge in [-0.2, -0.15) is 0 Å². The van der Waals surface area contributed by atoms with E-state index in [0.29, 0.717) is 36.0 Å². The van der Waals surface area contributed by atoms with Crippen LogP contribution in [0.4, 0.5) is 0 Å². The quantitative estimate of drug-likeness (QED) is 0.401. The van der Waals surface area contributed by atoms with Crippen molar-refractivity contribution in [2.24, 2.45) is 0 Å². The summed E-state index contributed by atoms with van der Waals surface area (Å²) in [5.74, 6) is 0.0855. The first kappa shape index (κ1) is 25.3. The lowest BCUT2D eigenvalue weighted by molar-refractivity contribution is 0.0775. The van der Waals surface area contributed by atoms with Crippen molar-refractivity contribution >= 4 is 98.7 Å². The third-order valence-electron chi connectivity index (χ3n) is 3.53. The fraction of sp³-hybridized carbons (Fsp3) is 0.375. The Balaban J connectivity index is 2.42. The van der Waals surface area contributed by atoms with Gasteiger partial charge in [-0.3, -0.25) is 4.79 Å². The molecule has 0 fully saturated rings. The highest BCUT2D eigenvalue weighted by Crippen LogP contribution is 2.40. The monoisotopic (exact) mass is 556 g/mol. The second kappa shape index (κ2) is 10.6. The Morgan fingerprint density at radius 1 is 0.793 bits per heavy atom. The van der Waals surface area contributed by atoms with Crippen molar-refractivity contribution < 1.29 is 4.79 Å². The predicted octanol–water partition coefficient (Wildman–Crippen LogP) is 6.11. The van der Waals surface area contributed by atoms with Crippen LogP contribution in [0.3, 0.4) is 0 Å². The molecule has 0 saturated carbocycles. The Hall–Kier alpha value is 0.0200. The van der Waals surface area contributed by atoms with E-state index >= 15 is 0 Å². The number of alkyl halides is 8. The number of halogens is 8. The molecule has 0 radical (unpaired) electrons. The molecule has 1 aromatic heterocycles. The maximum absolute atomic E-state index is 12.6. The molecule has 1 amide bonds. The minimum atomic E-state index is -1.96. The lowest BCUT2D eigenvalue weighted by Gasteiger charge is -2.20. The maximum Gasteiger partial charge on any atom is 0.253 e. The van der Waals surface area contributed by atoms with E-state index in [-0.39, 0.29) is 23.4 Å². The zero-order valence-corrected chi connectivity index (χ0v) is 20.4. The van der Waals surface area contributed by atoms with E-state index in [1.165, 1.54) is 0 Å². The Labute approximate surface area is 207 Å². The lowest BCUT2D eigenvalue weighted by atomic mass is 10.1. The first-order valence-electron chi connectivity index (χ1n) is 7.89. The van der Waals surface area contributed by atoms with Gasteiger partial charge >= 0.3 is 0 Å². The van der Waals surface area contributed by atoms with E-state index in [2.05, 4.69) is 15.0 Å². The number of aromatic nitrogens is 3. The van der Waals surface area contributed by atoms with Gasteiger partial charge in [-0.25, -0.2) is 15.0 Å². The largest absolute Gasteiger partial charge is 0.336 e. The zero-order chi connectivity index (χ0) is 21.8. The fourth-order valence-electron chi connectivity index (χ4n) is 2.22. The van der Waals surface area contributed by atoms with Gasteiger partial charge in [0.2, 0.25) is 7.59 Å². The second-order valence-electron chi connectivity index (χ2n) is 5.55. The van der Waals surface area contributed by atoms with Gasteiger partial charge < -0.3 is 4.90 Å². The summed E-state index contributed by atoms with van der Waals surface area (Å²) in [7, 11) is 0. The van der Waals surface area contributed by atoms with Crippen molar-refractivity contribution in [1.29, 1.82) is 0 Å². The minimum absolute atomic E-state index is 0.111. The van der Waals surface area contributed by atoms with Crippen LogP contribution in [0.1, 0.15) is 22.0 Å². The van der Waals surface area contributed by atoms with Gasteiger partial charge in [0.1, 0.15) is 0 Å². The molecule has 0 atom stereocenters. The van der Waals surface area contributed by atoms with Crippen LogP contribution in [0.25, 0.3) is 11.4 Å². The number of hydrogen-bond acceptors (Lipinski definition) is 4. The highest BCUT2D eigenvalue weighted by molar-refractivity contribution is 6.67. The Kier molecular flexibility index (Phi) is 9.20. The summed E-state index contributed by atoms with van der Waals surface area (Å²) in [5.41, 5.74) is 0.928. The molecule has 0 spiro atoms. The highest BCUT2D eigenvalue weighted by Gasteiger charge is 2.34. The molecule has 0 aliphatic heterocycles. The molecule has 0 aliphatic rings. The highest BCUT2D eigenvalue weighted by atomic mass is 35.6. The molecule has 1 heterocycles. The normalized spacial score (nSPS) is 12.1. The molecule has 2 aromatic rings. The van der Waals surface area contributed by atoms with Crippen molar-refractivity contribution in [3.05, 3.63) is 41.5 Å². The minimum Gasteiger partial charge on any atom is -0.336 e. The average Bonchev–Trinajstić information content (AvgIpc) is 2.65. The van der Waals surface area contributed by atoms with Crippen LogP contribution in [0.2, 0.25) is 0 Å². The van der Waals surface area contributed by atoms with Crippen LogP contribution in [0.5, 0.6) is 0 Å². The fourth-order valence-corrected chi connectivity index (χ4v) is 3.14. The van der Waals surface area contributed by atoms with Gasteiger partial charge in [0.15, 0.2) is 17.5 Å². The van der Waals surface area contributed by atoms with Crippen LogP contribution >= 0.6 is 92.8 Å². The molecule has 0 bridgehead atoms. The number of nitrogens with zero attached hydrogens (tertiary/aromatic N) is 4. The first-order chi connectivity index (χ1) is 13.5. The molecule has 1 aromatic carbocycles. The Morgan fingerprint density at radius 3 is 1.62 bits per heavy atom. The van der Waals surface area contributed by atoms with Crippen LogP contribution in [-0.4, -0.2) is 50.6 Å². The van der Waals surface area contributed by atoms with Crippen LogP contribution in [0, 0.1) is 0 Å². The molecule has 2 rings (SSSR count). The van der Waals surface area contributed by atoms with Gasteiger partial charge in [-0.05, 0) is 12.1 Å². The van der Waals surface area contributed by atoms with Gasteiger partial charge in [0.05, 0.1) is 0 Å². The molecular formula is C16H12Cl8N4O. The summed E-state index contributed by atoms with van der Waals surface area (Å²) >= 11 is 46.8. The molecule has 0 unspecified atom stereocenters. The molecule has 13 heteroatoms. The van der Waals surface area contributed by atoms with E-state index in [1.807, 2.05) is 0 Å². The molecule has 5 nitrogen and oxygen atoms in total. The third kappa shape index (κ3) is 7.01. The SMILES string of the molecule is O=C(c1ccc(-c2nc(C(Cl)(Cl)Cl)nc(C(Cl)(Cl)Cl)n2)cc1)N(CCCl)CCCl. The Bertz CT molecular complexity index is 813. The van der Waals surface area contributed by atoms with Gasteiger partial charge in [0, 0.05) is 36.0 Å². The van der Waals surface area contributed by atoms with E-state index in [1.54, 1.807) is 29.2 Å². The molecule has 0 aliphatic carbocycles. The number of carbonyl (C=O) groups is 1. The topological polar surface area (TPSA) is 59.0 Å². The average molecular weight is 560 g/mol. The molecule has 29 heavy (non-hydrogen) atoms. The van der Waals surface area contributed by atoms with Gasteiger partial charge in [0.25, 0.3) is 5.91 Å². The first-order valence-corrected chi connectivity index (χ1v) is 11.2. The smallest absolute Gasteiger partial charge is 0.253 e.